The molecular weight excluding hydrogens is 1310 g/mol. The Morgan fingerprint density at radius 2 is 0.952 bits per heavy atom. The van der Waals surface area contributed by atoms with E-state index in [1.54, 1.807) is 12.7 Å². The predicted octanol–water partition coefficient (Wildman–Crippen LogP) is 14.0. The van der Waals surface area contributed by atoms with Crippen LogP contribution in [0.2, 0.25) is 0 Å². The Labute approximate surface area is 613 Å². The molecule has 0 aliphatic carbocycles. The van der Waals surface area contributed by atoms with Crippen molar-refractivity contribution in [3.63, 3.8) is 0 Å². The van der Waals surface area contributed by atoms with Gasteiger partial charge in [-0.05, 0) is 233 Å². The van der Waals surface area contributed by atoms with Crippen LogP contribution in [-0.2, 0) is 19.6 Å². The molecular formula is C84H89FN20. The Balaban J connectivity index is 0.000000121. The van der Waals surface area contributed by atoms with Crippen molar-refractivity contribution in [1.29, 1.82) is 10.5 Å². The molecule has 6 aromatic carbocycles. The van der Waals surface area contributed by atoms with Crippen LogP contribution in [-0.4, -0.2) is 136 Å². The van der Waals surface area contributed by atoms with E-state index in [-0.39, 0.29) is 11.4 Å². The van der Waals surface area contributed by atoms with Crippen molar-refractivity contribution in [1.82, 2.24) is 73.9 Å². The van der Waals surface area contributed by atoms with Crippen LogP contribution in [0.4, 0.5) is 21.5 Å². The third-order valence-corrected chi connectivity index (χ3v) is 22.4. The van der Waals surface area contributed by atoms with Crippen LogP contribution >= 0.6 is 0 Å². The Hall–Kier alpha value is -11.2. The van der Waals surface area contributed by atoms with Crippen molar-refractivity contribution in [2.24, 2.45) is 17.8 Å². The van der Waals surface area contributed by atoms with Crippen molar-refractivity contribution in [2.45, 2.75) is 97.9 Å². The van der Waals surface area contributed by atoms with Gasteiger partial charge in [0.1, 0.15) is 24.8 Å². The number of fused-ring (bicyclic) bond motifs is 15. The fraction of sp³-hybridized carbons (Fsp3) is 0.333. The lowest BCUT2D eigenvalue weighted by Gasteiger charge is -2.27. The van der Waals surface area contributed by atoms with Gasteiger partial charge in [-0.1, -0.05) is 50.2 Å². The average molecular weight is 1400 g/mol. The molecule has 1 unspecified atom stereocenters. The van der Waals surface area contributed by atoms with Crippen molar-refractivity contribution < 1.29 is 4.39 Å². The van der Waals surface area contributed by atoms with E-state index < -0.39 is 0 Å². The SMILES string of the molecule is CCC(C)(C)NC[C@@H]1CCN(c2ccc3c(c2)Cn2cc(-c4ccc(F)cc4)cc2-c2ncnn2-3)C1.CC[C@@H](C)NC[C@@H]1CCN(c2ccc3c(c2)Cn2cc(-c4ccc(C#N)cc4)cc2-c2nncn2-3)C1.CNCC1CCN(c2ccc3c(c2)Cn2cc(-c4ccc(C#N)cc4)cc2-c2ncnn2-3)C1. The third-order valence-electron chi connectivity index (χ3n) is 22.4. The largest absolute Gasteiger partial charge is 0.371 e. The van der Waals surface area contributed by atoms with E-state index in [9.17, 15) is 4.39 Å². The fourth-order valence-corrected chi connectivity index (χ4v) is 15.8. The van der Waals surface area contributed by atoms with Gasteiger partial charge in [0, 0.05) is 129 Å². The second-order valence-corrected chi connectivity index (χ2v) is 29.8. The highest BCUT2D eigenvalue weighted by molar-refractivity contribution is 5.76. The Morgan fingerprint density at radius 1 is 0.524 bits per heavy atom. The maximum Gasteiger partial charge on any atom is 0.185 e. The first kappa shape index (κ1) is 68.2. The molecule has 12 aromatic rings. The molecule has 3 saturated heterocycles. The van der Waals surface area contributed by atoms with E-state index in [0.29, 0.717) is 34.9 Å². The molecule has 12 heterocycles. The Kier molecular flexibility index (Phi) is 18.9. The first-order chi connectivity index (χ1) is 51.2. The summed E-state index contributed by atoms with van der Waals surface area (Å²) in [5, 5.41) is 46.8. The van der Waals surface area contributed by atoms with E-state index >= 15 is 0 Å². The standard InChI is InChI=1S/C29H33FN6.C29H31N7.C26H25N7/c1-4-29(2,3)32-15-20-11-12-34(16-20)25-9-10-26-23(13-25)18-35-17-22(21-5-7-24(30)8-6-21)14-27(35)28-31-19-33-36(26)28;1-3-20(2)31-15-22-10-11-34(16-22)26-8-9-27-25(12-26)18-35-17-24(23-6-4-21(14-30)5-7-23)13-28(35)29-33-32-19-36(27)29;1-28-13-19-8-9-31(14-19)23-6-7-24-22(10-23)16-32-15-21(20-4-2-18(12-27)3-5-20)11-25(32)26-29-17-30-33(24)26/h5-10,13-14,17,19-20,32H,4,11-12,15-16,18H2,1-3H3;4-9,12-13,17,19-20,22,31H,3,10-11,15-16,18H2,1-2H3;2-7,10-11,15,17,19,28H,8-9,13-14,16H2,1H3/t20-;20-,22+;/m01./s1. The zero-order valence-corrected chi connectivity index (χ0v) is 60.6. The predicted molar refractivity (Wildman–Crippen MR) is 412 cm³/mol. The number of rotatable bonds is 16. The number of hydrogen-bond acceptors (Lipinski definition) is 14. The average Bonchev–Trinajstić information content (AvgIpc) is 1.62. The second-order valence-electron chi connectivity index (χ2n) is 29.8. The summed E-state index contributed by atoms with van der Waals surface area (Å²) >= 11 is 0. The number of nitrogens with one attached hydrogen (secondary N) is 3. The van der Waals surface area contributed by atoms with Gasteiger partial charge in [0.25, 0.3) is 0 Å². The molecule has 105 heavy (non-hydrogen) atoms. The van der Waals surface area contributed by atoms with E-state index in [2.05, 4.69) is 217 Å². The van der Waals surface area contributed by atoms with Gasteiger partial charge < -0.3 is 44.4 Å². The molecule has 4 atom stereocenters. The maximum atomic E-state index is 13.5. The van der Waals surface area contributed by atoms with E-state index in [0.717, 1.165) is 170 Å². The summed E-state index contributed by atoms with van der Waals surface area (Å²) in [5.74, 6) is 4.33. The lowest BCUT2D eigenvalue weighted by Crippen LogP contribution is -2.41. The molecule has 6 aliphatic heterocycles. The van der Waals surface area contributed by atoms with Gasteiger partial charge in [-0.3, -0.25) is 4.57 Å². The molecule has 0 saturated carbocycles. The minimum Gasteiger partial charge on any atom is -0.371 e. The van der Waals surface area contributed by atoms with Crippen molar-refractivity contribution in [2.75, 3.05) is 80.7 Å². The summed E-state index contributed by atoms with van der Waals surface area (Å²) in [6.45, 7) is 23.3. The molecule has 532 valence electrons. The van der Waals surface area contributed by atoms with Crippen LogP contribution in [0.3, 0.4) is 0 Å². The molecule has 0 amide bonds. The van der Waals surface area contributed by atoms with Gasteiger partial charge in [-0.25, -0.2) is 23.7 Å². The molecule has 0 bridgehead atoms. The highest BCUT2D eigenvalue weighted by Gasteiger charge is 2.31. The summed E-state index contributed by atoms with van der Waals surface area (Å²) in [4.78, 5) is 16.7. The molecule has 3 N–H and O–H groups in total. The zero-order chi connectivity index (χ0) is 71.9. The zero-order valence-electron chi connectivity index (χ0n) is 60.6. The maximum absolute atomic E-state index is 13.5. The van der Waals surface area contributed by atoms with Crippen LogP contribution in [0.25, 0.3) is 85.0 Å². The second kappa shape index (κ2) is 29.1. The van der Waals surface area contributed by atoms with E-state index in [1.165, 1.54) is 71.6 Å². The summed E-state index contributed by atoms with van der Waals surface area (Å²) in [7, 11) is 2.03. The smallest absolute Gasteiger partial charge is 0.185 e. The number of nitriles is 2. The Morgan fingerprint density at radius 3 is 1.40 bits per heavy atom. The summed E-state index contributed by atoms with van der Waals surface area (Å²) < 4.78 is 26.2. The molecule has 20 nitrogen and oxygen atoms in total. The van der Waals surface area contributed by atoms with Crippen LogP contribution in [0.5, 0.6) is 0 Å². The number of aromatic nitrogens is 12. The van der Waals surface area contributed by atoms with E-state index in [1.807, 2.05) is 83.4 Å². The first-order valence-corrected chi connectivity index (χ1v) is 37.1. The molecule has 21 heteroatoms. The molecule has 6 aliphatic rings. The number of nitrogens with zero attached hydrogens (tertiary/aromatic N) is 17. The fourth-order valence-electron chi connectivity index (χ4n) is 15.8. The lowest BCUT2D eigenvalue weighted by molar-refractivity contribution is 0.346. The van der Waals surface area contributed by atoms with Crippen LogP contribution < -0.4 is 30.7 Å². The Bertz CT molecular complexity index is 5190. The third kappa shape index (κ3) is 14.0. The van der Waals surface area contributed by atoms with Crippen LogP contribution in [0.15, 0.2) is 183 Å². The van der Waals surface area contributed by atoms with E-state index in [4.69, 9.17) is 10.5 Å². The minimum atomic E-state index is -0.227. The normalized spacial score (nSPS) is 16.9. The molecule has 0 radical (unpaired) electrons. The van der Waals surface area contributed by atoms with Gasteiger partial charge in [0.15, 0.2) is 17.5 Å². The molecule has 0 spiro atoms. The molecule has 6 aromatic heterocycles. The summed E-state index contributed by atoms with van der Waals surface area (Å²) in [5.41, 5.74) is 21.9. The van der Waals surface area contributed by atoms with Gasteiger partial charge in [-0.2, -0.15) is 20.7 Å². The van der Waals surface area contributed by atoms with Gasteiger partial charge in [0.2, 0.25) is 0 Å². The minimum absolute atomic E-state index is 0.189. The highest BCUT2D eigenvalue weighted by Crippen LogP contribution is 2.40. The van der Waals surface area contributed by atoms with Crippen molar-refractivity contribution in [3.8, 4) is 97.1 Å². The highest BCUT2D eigenvalue weighted by atomic mass is 19.1. The van der Waals surface area contributed by atoms with Crippen molar-refractivity contribution in [3.05, 3.63) is 217 Å². The van der Waals surface area contributed by atoms with Gasteiger partial charge in [0.05, 0.1) is 57.4 Å². The van der Waals surface area contributed by atoms with Crippen LogP contribution in [0, 0.1) is 46.2 Å². The van der Waals surface area contributed by atoms with Crippen molar-refractivity contribution >= 4 is 17.1 Å². The van der Waals surface area contributed by atoms with Crippen LogP contribution in [0.1, 0.15) is 94.5 Å². The number of halogens is 1. The quantitative estimate of drug-likeness (QED) is 0.0825. The number of benzene rings is 6. The monoisotopic (exact) mass is 1400 g/mol. The first-order valence-electron chi connectivity index (χ1n) is 37.1. The number of anilines is 3. The van der Waals surface area contributed by atoms with Gasteiger partial charge >= 0.3 is 0 Å². The summed E-state index contributed by atoms with van der Waals surface area (Å²) in [6.07, 6.45) is 17.5. The van der Waals surface area contributed by atoms with Gasteiger partial charge in [-0.15, -0.1) is 10.2 Å². The summed E-state index contributed by atoms with van der Waals surface area (Å²) in [6, 6.07) is 53.8. The topological polar surface area (TPSA) is 200 Å². The number of hydrogen-bond donors (Lipinski definition) is 3. The molecule has 18 rings (SSSR count). The lowest BCUT2D eigenvalue weighted by atomic mass is 10.00. The molecule has 3 fully saturated rings.